The minimum atomic E-state index is -0.106. The molecule has 3 heteroatoms. The van der Waals surface area contributed by atoms with Crippen molar-refractivity contribution in [3.63, 3.8) is 0 Å². The fourth-order valence-electron chi connectivity index (χ4n) is 0.788. The molecule has 12 heavy (non-hydrogen) atoms. The Bertz CT molecular complexity index is 331. The minimum absolute atomic E-state index is 0.0556. The molecule has 1 rings (SSSR count). The van der Waals surface area contributed by atoms with Crippen LogP contribution in [0.2, 0.25) is 0 Å². The predicted molar refractivity (Wildman–Crippen MR) is 46.0 cm³/mol. The topological polar surface area (TPSA) is 50.2 Å². The van der Waals surface area contributed by atoms with Gasteiger partial charge in [-0.3, -0.25) is 4.79 Å². The van der Waals surface area contributed by atoms with Crippen LogP contribution in [0.15, 0.2) is 18.8 Å². The Morgan fingerprint density at radius 2 is 2.42 bits per heavy atom. The van der Waals surface area contributed by atoms with E-state index in [4.69, 9.17) is 0 Å². The molecule has 1 heterocycles. The number of aldehydes is 1. The normalized spacial score (nSPS) is 9.42. The maximum absolute atomic E-state index is 10.3. The zero-order valence-corrected chi connectivity index (χ0v) is 6.74. The van der Waals surface area contributed by atoms with Crippen LogP contribution in [0.1, 0.15) is 23.0 Å². The molecule has 0 aliphatic carbocycles. The molecule has 0 atom stereocenters. The van der Waals surface area contributed by atoms with Crippen molar-refractivity contribution in [3.8, 4) is 5.75 Å². The highest BCUT2D eigenvalue weighted by Crippen LogP contribution is 2.18. The highest BCUT2D eigenvalue weighted by molar-refractivity contribution is 5.77. The molecule has 0 aromatic carbocycles. The van der Waals surface area contributed by atoms with Gasteiger partial charge in [0.15, 0.2) is 6.29 Å². The minimum Gasteiger partial charge on any atom is -0.506 e. The zero-order chi connectivity index (χ0) is 9.14. The monoisotopic (exact) mass is 163 g/mol. The molecular weight excluding hydrogens is 154 g/mol. The lowest BCUT2D eigenvalue weighted by molar-refractivity contribution is 0.111. The molecule has 0 bridgehead atoms. The number of aromatic hydroxyl groups is 1. The Kier molecular flexibility index (Phi) is 2.24. The van der Waals surface area contributed by atoms with Crippen LogP contribution in [-0.4, -0.2) is 16.4 Å². The third-order valence-electron chi connectivity index (χ3n) is 1.50. The molecular formula is C9H9NO2. The van der Waals surface area contributed by atoms with Crippen LogP contribution in [0.4, 0.5) is 0 Å². The van der Waals surface area contributed by atoms with E-state index < -0.39 is 0 Å². The molecule has 0 saturated carbocycles. The highest BCUT2D eigenvalue weighted by Gasteiger charge is 2.02. The fourth-order valence-corrected chi connectivity index (χ4v) is 0.788. The van der Waals surface area contributed by atoms with Crippen molar-refractivity contribution in [1.82, 2.24) is 4.98 Å². The van der Waals surface area contributed by atoms with E-state index in [0.717, 1.165) is 11.1 Å². The van der Waals surface area contributed by atoms with Gasteiger partial charge in [-0.1, -0.05) is 6.58 Å². The summed E-state index contributed by atoms with van der Waals surface area (Å²) in [5, 5.41) is 9.21. The molecule has 0 amide bonds. The second-order valence-electron chi connectivity index (χ2n) is 2.53. The van der Waals surface area contributed by atoms with Gasteiger partial charge in [0, 0.05) is 6.20 Å². The van der Waals surface area contributed by atoms with Crippen molar-refractivity contribution in [2.24, 2.45) is 0 Å². The van der Waals surface area contributed by atoms with E-state index in [1.54, 1.807) is 6.92 Å². The summed E-state index contributed by atoms with van der Waals surface area (Å²) >= 11 is 0. The molecule has 3 nitrogen and oxygen atoms in total. The van der Waals surface area contributed by atoms with Gasteiger partial charge < -0.3 is 5.11 Å². The van der Waals surface area contributed by atoms with Gasteiger partial charge in [-0.15, -0.1) is 0 Å². The number of carbonyl (C=O) groups excluding carboxylic acids is 1. The number of hydrogen-bond acceptors (Lipinski definition) is 3. The van der Waals surface area contributed by atoms with E-state index in [1.165, 1.54) is 12.3 Å². The van der Waals surface area contributed by atoms with E-state index in [2.05, 4.69) is 11.6 Å². The van der Waals surface area contributed by atoms with Crippen LogP contribution in [0.5, 0.6) is 5.75 Å². The van der Waals surface area contributed by atoms with Crippen LogP contribution in [0.3, 0.4) is 0 Å². The maximum atomic E-state index is 10.3. The van der Waals surface area contributed by atoms with Gasteiger partial charge in [0.25, 0.3) is 0 Å². The summed E-state index contributed by atoms with van der Waals surface area (Å²) in [4.78, 5) is 14.0. The molecule has 0 radical (unpaired) electrons. The Morgan fingerprint density at radius 3 is 2.83 bits per heavy atom. The number of carbonyl (C=O) groups is 1. The van der Waals surface area contributed by atoms with Crippen LogP contribution < -0.4 is 0 Å². The Balaban J connectivity index is 3.18. The molecule has 0 aliphatic heterocycles. The van der Waals surface area contributed by atoms with E-state index in [0.29, 0.717) is 6.29 Å². The number of rotatable bonds is 2. The van der Waals surface area contributed by atoms with E-state index >= 15 is 0 Å². The van der Waals surface area contributed by atoms with Gasteiger partial charge in [0.05, 0.1) is 0 Å². The molecule has 1 aromatic heterocycles. The summed E-state index contributed by atoms with van der Waals surface area (Å²) in [5.74, 6) is -0.106. The molecule has 0 aliphatic rings. The summed E-state index contributed by atoms with van der Waals surface area (Å²) < 4.78 is 0. The summed E-state index contributed by atoms with van der Waals surface area (Å²) in [6.07, 6.45) is 2.02. The maximum Gasteiger partial charge on any atom is 0.172 e. The molecule has 0 fully saturated rings. The lowest BCUT2D eigenvalue weighted by atomic mass is 10.1. The fraction of sp³-hybridized carbons (Fsp3) is 0.111. The van der Waals surface area contributed by atoms with E-state index in [-0.39, 0.29) is 11.4 Å². The number of aromatic nitrogens is 1. The quantitative estimate of drug-likeness (QED) is 0.674. The molecule has 62 valence electrons. The van der Waals surface area contributed by atoms with Crippen LogP contribution in [0, 0.1) is 0 Å². The molecule has 1 N–H and O–H groups in total. The molecule has 0 spiro atoms. The Morgan fingerprint density at radius 1 is 1.75 bits per heavy atom. The van der Waals surface area contributed by atoms with Gasteiger partial charge in [0.1, 0.15) is 11.4 Å². The van der Waals surface area contributed by atoms with E-state index in [1.807, 2.05) is 0 Å². The first-order valence-corrected chi connectivity index (χ1v) is 3.45. The largest absolute Gasteiger partial charge is 0.506 e. The van der Waals surface area contributed by atoms with Crippen LogP contribution in [0.25, 0.3) is 5.57 Å². The van der Waals surface area contributed by atoms with Crippen molar-refractivity contribution in [2.45, 2.75) is 6.92 Å². The highest BCUT2D eigenvalue weighted by atomic mass is 16.3. The first-order chi connectivity index (χ1) is 5.65. The molecule has 1 aromatic rings. The van der Waals surface area contributed by atoms with Gasteiger partial charge >= 0.3 is 0 Å². The summed E-state index contributed by atoms with van der Waals surface area (Å²) in [5.41, 5.74) is 1.59. The zero-order valence-electron chi connectivity index (χ0n) is 6.74. The average Bonchev–Trinajstić information content (AvgIpc) is 2.04. The van der Waals surface area contributed by atoms with Gasteiger partial charge in [-0.05, 0) is 24.1 Å². The van der Waals surface area contributed by atoms with Crippen LogP contribution >= 0.6 is 0 Å². The van der Waals surface area contributed by atoms with Crippen molar-refractivity contribution in [2.75, 3.05) is 0 Å². The standard InChI is InChI=1S/C9H9NO2/c1-6(2)7-3-9(12)8(5-11)10-4-7/h3-5,12H,1H2,2H3. The molecule has 0 unspecified atom stereocenters. The number of hydrogen-bond donors (Lipinski definition) is 1. The third kappa shape index (κ3) is 1.50. The van der Waals surface area contributed by atoms with Crippen molar-refractivity contribution in [1.29, 1.82) is 0 Å². The van der Waals surface area contributed by atoms with Crippen molar-refractivity contribution >= 4 is 11.9 Å². The first-order valence-electron chi connectivity index (χ1n) is 3.45. The summed E-state index contributed by atoms with van der Waals surface area (Å²) in [6, 6.07) is 1.47. The lowest BCUT2D eigenvalue weighted by Gasteiger charge is -2.00. The second-order valence-corrected chi connectivity index (χ2v) is 2.53. The van der Waals surface area contributed by atoms with Crippen molar-refractivity contribution in [3.05, 3.63) is 30.1 Å². The van der Waals surface area contributed by atoms with E-state index in [9.17, 15) is 9.90 Å². The number of pyridine rings is 1. The number of nitrogens with zero attached hydrogens (tertiary/aromatic N) is 1. The number of allylic oxidation sites excluding steroid dienone is 1. The smallest absolute Gasteiger partial charge is 0.172 e. The predicted octanol–water partition coefficient (Wildman–Crippen LogP) is 1.63. The first kappa shape index (κ1) is 8.46. The Hall–Kier alpha value is -1.64. The van der Waals surface area contributed by atoms with Gasteiger partial charge in [-0.25, -0.2) is 4.98 Å². The average molecular weight is 163 g/mol. The SMILES string of the molecule is C=C(C)c1cnc(C=O)c(O)c1. The summed E-state index contributed by atoms with van der Waals surface area (Å²) in [6.45, 7) is 5.49. The lowest BCUT2D eigenvalue weighted by Crippen LogP contribution is -1.89. The summed E-state index contributed by atoms with van der Waals surface area (Å²) in [7, 11) is 0. The van der Waals surface area contributed by atoms with Crippen LogP contribution in [-0.2, 0) is 0 Å². The van der Waals surface area contributed by atoms with Gasteiger partial charge in [0.2, 0.25) is 0 Å². The second kappa shape index (κ2) is 3.17. The van der Waals surface area contributed by atoms with Crippen molar-refractivity contribution < 1.29 is 9.90 Å². The third-order valence-corrected chi connectivity index (χ3v) is 1.50. The molecule has 0 saturated heterocycles. The van der Waals surface area contributed by atoms with Gasteiger partial charge in [-0.2, -0.15) is 0 Å². The Labute approximate surface area is 70.4 Å².